The Hall–Kier alpha value is -1.17. The molecule has 0 aromatic carbocycles. The number of rotatable bonds is 5. The normalized spacial score (nSPS) is 13.1. The fraction of sp³-hybridized carbons (Fsp3) is 0.500. The maximum absolute atomic E-state index is 5.85. The second-order valence-corrected chi connectivity index (χ2v) is 3.82. The average molecular weight is 209 g/mol. The Kier molecular flexibility index (Phi) is 4.48. The zero-order valence-electron chi connectivity index (χ0n) is 9.27. The second-order valence-electron chi connectivity index (χ2n) is 3.82. The first-order chi connectivity index (χ1) is 7.15. The number of nitrogen functional groups attached to an aromatic ring is 1. The van der Waals surface area contributed by atoms with E-state index in [2.05, 4.69) is 15.3 Å². The third kappa shape index (κ3) is 3.47. The number of hydrazine groups is 1. The lowest BCUT2D eigenvalue weighted by Gasteiger charge is -2.19. The molecular weight excluding hydrogens is 190 g/mol. The van der Waals surface area contributed by atoms with Gasteiger partial charge in [0.05, 0.1) is 6.04 Å². The van der Waals surface area contributed by atoms with Gasteiger partial charge in [-0.05, 0) is 33.1 Å². The quantitative estimate of drug-likeness (QED) is 0.474. The lowest BCUT2D eigenvalue weighted by atomic mass is 10.0. The third-order valence-electron chi connectivity index (χ3n) is 2.33. The van der Waals surface area contributed by atoms with Crippen LogP contribution in [0.15, 0.2) is 18.5 Å². The summed E-state index contributed by atoms with van der Waals surface area (Å²) in [4.78, 5) is 6.16. The number of hydrogen-bond acceptors (Lipinski definition) is 5. The van der Waals surface area contributed by atoms with Crippen LogP contribution in [-0.4, -0.2) is 30.5 Å². The van der Waals surface area contributed by atoms with Gasteiger partial charge in [0, 0.05) is 23.6 Å². The Morgan fingerprint density at radius 2 is 2.27 bits per heavy atom. The first kappa shape index (κ1) is 11.9. The molecule has 0 fully saturated rings. The van der Waals surface area contributed by atoms with E-state index in [1.54, 1.807) is 18.5 Å². The number of pyridine rings is 1. The minimum absolute atomic E-state index is 0.0566. The van der Waals surface area contributed by atoms with Crippen molar-refractivity contribution in [3.63, 3.8) is 0 Å². The van der Waals surface area contributed by atoms with Gasteiger partial charge in [0.15, 0.2) is 0 Å². The summed E-state index contributed by atoms with van der Waals surface area (Å²) in [6.07, 6.45) is 4.34. The number of aromatic nitrogens is 1. The average Bonchev–Trinajstić information content (AvgIpc) is 2.21. The highest BCUT2D eigenvalue weighted by molar-refractivity contribution is 5.46. The van der Waals surface area contributed by atoms with E-state index in [1.165, 1.54) is 0 Å². The summed E-state index contributed by atoms with van der Waals surface area (Å²) in [5.41, 5.74) is 10.3. The van der Waals surface area contributed by atoms with Crippen molar-refractivity contribution >= 4 is 5.69 Å². The highest BCUT2D eigenvalue weighted by Crippen LogP contribution is 2.20. The summed E-state index contributed by atoms with van der Waals surface area (Å²) < 4.78 is 0. The minimum Gasteiger partial charge on any atom is -0.398 e. The van der Waals surface area contributed by atoms with Crippen molar-refractivity contribution in [2.75, 3.05) is 26.4 Å². The summed E-state index contributed by atoms with van der Waals surface area (Å²) in [5.74, 6) is 5.51. The van der Waals surface area contributed by atoms with Gasteiger partial charge < -0.3 is 10.6 Å². The summed E-state index contributed by atoms with van der Waals surface area (Å²) in [6, 6.07) is 1.84. The van der Waals surface area contributed by atoms with Crippen molar-refractivity contribution < 1.29 is 0 Å². The molecule has 0 aliphatic carbocycles. The van der Waals surface area contributed by atoms with E-state index in [9.17, 15) is 0 Å². The van der Waals surface area contributed by atoms with Gasteiger partial charge in [-0.15, -0.1) is 0 Å². The van der Waals surface area contributed by atoms with Gasteiger partial charge in [-0.3, -0.25) is 16.3 Å². The predicted octanol–water partition coefficient (Wildman–Crippen LogP) is 0.120. The lowest BCUT2D eigenvalue weighted by molar-refractivity contribution is 0.363. The molecule has 0 aliphatic heterocycles. The van der Waals surface area contributed by atoms with Crippen molar-refractivity contribution in [2.45, 2.75) is 12.5 Å². The zero-order valence-corrected chi connectivity index (χ0v) is 9.27. The van der Waals surface area contributed by atoms with Gasteiger partial charge in [0.1, 0.15) is 0 Å². The van der Waals surface area contributed by atoms with E-state index in [-0.39, 0.29) is 6.04 Å². The Morgan fingerprint density at radius 1 is 1.53 bits per heavy atom. The molecule has 0 spiro atoms. The van der Waals surface area contributed by atoms with Crippen LogP contribution in [0.3, 0.4) is 0 Å². The van der Waals surface area contributed by atoms with Crippen molar-refractivity contribution in [3.8, 4) is 0 Å². The summed E-state index contributed by atoms with van der Waals surface area (Å²) in [7, 11) is 4.06. The number of nitrogens with two attached hydrogens (primary N) is 2. The Morgan fingerprint density at radius 3 is 2.80 bits per heavy atom. The Bertz CT molecular complexity index is 300. The van der Waals surface area contributed by atoms with Crippen LogP contribution in [0.25, 0.3) is 0 Å². The standard InChI is InChI=1S/C10H19N5/c1-15(2)6-4-10(14-12)8-7-13-5-3-9(8)11/h3,5,7,10,14H,4,6,12H2,1-2H3,(H2,11,13). The van der Waals surface area contributed by atoms with Gasteiger partial charge in [-0.2, -0.15) is 0 Å². The van der Waals surface area contributed by atoms with Crippen LogP contribution in [0.2, 0.25) is 0 Å². The van der Waals surface area contributed by atoms with E-state index < -0.39 is 0 Å². The Labute approximate surface area is 90.4 Å². The van der Waals surface area contributed by atoms with Crippen LogP contribution >= 0.6 is 0 Å². The van der Waals surface area contributed by atoms with Crippen LogP contribution in [0.4, 0.5) is 5.69 Å². The van der Waals surface area contributed by atoms with Crippen LogP contribution in [0.5, 0.6) is 0 Å². The van der Waals surface area contributed by atoms with Crippen molar-refractivity contribution in [3.05, 3.63) is 24.0 Å². The van der Waals surface area contributed by atoms with Gasteiger partial charge in [0.2, 0.25) is 0 Å². The molecule has 5 N–H and O–H groups in total. The molecule has 0 saturated carbocycles. The van der Waals surface area contributed by atoms with Crippen molar-refractivity contribution in [1.82, 2.24) is 15.3 Å². The van der Waals surface area contributed by atoms with E-state index in [0.29, 0.717) is 0 Å². The SMILES string of the molecule is CN(C)CCC(NN)c1cnccc1N. The molecule has 0 amide bonds. The largest absolute Gasteiger partial charge is 0.398 e. The number of anilines is 1. The van der Waals surface area contributed by atoms with E-state index in [0.717, 1.165) is 24.2 Å². The maximum atomic E-state index is 5.85. The molecule has 0 bridgehead atoms. The topological polar surface area (TPSA) is 80.2 Å². The molecule has 1 atom stereocenters. The molecule has 84 valence electrons. The number of hydrogen-bond donors (Lipinski definition) is 3. The molecule has 15 heavy (non-hydrogen) atoms. The molecule has 0 radical (unpaired) electrons. The molecule has 0 saturated heterocycles. The third-order valence-corrected chi connectivity index (χ3v) is 2.33. The lowest BCUT2D eigenvalue weighted by Crippen LogP contribution is -2.31. The molecule has 1 rings (SSSR count). The predicted molar refractivity (Wildman–Crippen MR) is 61.9 cm³/mol. The van der Waals surface area contributed by atoms with Crippen LogP contribution in [0, 0.1) is 0 Å². The van der Waals surface area contributed by atoms with Gasteiger partial charge in [0.25, 0.3) is 0 Å². The van der Waals surface area contributed by atoms with Crippen molar-refractivity contribution in [2.24, 2.45) is 5.84 Å². The Balaban J connectivity index is 2.70. The fourth-order valence-corrected chi connectivity index (χ4v) is 1.42. The highest BCUT2D eigenvalue weighted by Gasteiger charge is 2.12. The summed E-state index contributed by atoms with van der Waals surface area (Å²) in [6.45, 7) is 0.948. The number of nitrogens with zero attached hydrogens (tertiary/aromatic N) is 2. The smallest absolute Gasteiger partial charge is 0.0507 e. The van der Waals surface area contributed by atoms with Crippen LogP contribution < -0.4 is 17.0 Å². The molecular formula is C10H19N5. The van der Waals surface area contributed by atoms with E-state index >= 15 is 0 Å². The van der Waals surface area contributed by atoms with Gasteiger partial charge >= 0.3 is 0 Å². The molecule has 1 aromatic heterocycles. The molecule has 1 heterocycles. The molecule has 5 heteroatoms. The molecule has 1 unspecified atom stereocenters. The minimum atomic E-state index is 0.0566. The van der Waals surface area contributed by atoms with Gasteiger partial charge in [-0.25, -0.2) is 0 Å². The molecule has 5 nitrogen and oxygen atoms in total. The summed E-state index contributed by atoms with van der Waals surface area (Å²) in [5, 5.41) is 0. The number of nitrogens with one attached hydrogen (secondary N) is 1. The highest BCUT2D eigenvalue weighted by atomic mass is 15.2. The second kappa shape index (κ2) is 5.65. The summed E-state index contributed by atoms with van der Waals surface area (Å²) >= 11 is 0. The molecule has 1 aromatic rings. The fourth-order valence-electron chi connectivity index (χ4n) is 1.42. The first-order valence-corrected chi connectivity index (χ1v) is 4.95. The zero-order chi connectivity index (χ0) is 11.3. The molecule has 0 aliphatic rings. The van der Waals surface area contributed by atoms with E-state index in [4.69, 9.17) is 11.6 Å². The first-order valence-electron chi connectivity index (χ1n) is 4.95. The van der Waals surface area contributed by atoms with Crippen LogP contribution in [0.1, 0.15) is 18.0 Å². The van der Waals surface area contributed by atoms with Crippen molar-refractivity contribution in [1.29, 1.82) is 0 Å². The van der Waals surface area contributed by atoms with Crippen LogP contribution in [-0.2, 0) is 0 Å². The van der Waals surface area contributed by atoms with E-state index in [1.807, 2.05) is 14.1 Å². The van der Waals surface area contributed by atoms with Gasteiger partial charge in [-0.1, -0.05) is 0 Å². The monoisotopic (exact) mass is 209 g/mol. The maximum Gasteiger partial charge on any atom is 0.0507 e.